The summed E-state index contributed by atoms with van der Waals surface area (Å²) in [5, 5.41) is 0.482. The second-order valence-corrected chi connectivity index (χ2v) is 3.18. The van der Waals surface area contributed by atoms with Crippen molar-refractivity contribution in [3.05, 3.63) is 17.4 Å². The van der Waals surface area contributed by atoms with Gasteiger partial charge in [-0.25, -0.2) is 0 Å². The van der Waals surface area contributed by atoms with E-state index in [-0.39, 0.29) is 0 Å². The summed E-state index contributed by atoms with van der Waals surface area (Å²) >= 11 is 8.09. The fraction of sp³-hybridized carbons (Fsp3) is 0.286. The molecule has 1 aromatic heterocycles. The first-order valence-corrected chi connectivity index (χ1v) is 4.53. The van der Waals surface area contributed by atoms with E-state index in [0.29, 0.717) is 11.8 Å². The number of ether oxygens (including phenoxy) is 1. The summed E-state index contributed by atoms with van der Waals surface area (Å²) in [5.74, 6) is 0.785. The number of aromatic nitrogens is 1. The van der Waals surface area contributed by atoms with Crippen molar-refractivity contribution in [2.45, 2.75) is 6.92 Å². The van der Waals surface area contributed by atoms with Crippen LogP contribution in [-0.4, -0.2) is 28.4 Å². The number of halogens is 1. The van der Waals surface area contributed by atoms with E-state index in [1.165, 1.54) is 0 Å². The average molecular weight is 232 g/mol. The van der Waals surface area contributed by atoms with Gasteiger partial charge in [0.2, 0.25) is 0 Å². The third-order valence-electron chi connectivity index (χ3n) is 1.14. The van der Waals surface area contributed by atoms with E-state index in [4.69, 9.17) is 16.3 Å². The minimum atomic E-state index is 0.482. The van der Waals surface area contributed by atoms with Crippen LogP contribution < -0.4 is 9.09 Å². The van der Waals surface area contributed by atoms with Crippen LogP contribution in [0.15, 0.2) is 12.3 Å². The second-order valence-electron chi connectivity index (χ2n) is 1.88. The fourth-order valence-electron chi connectivity index (χ4n) is 0.684. The van der Waals surface area contributed by atoms with Gasteiger partial charge in [0.25, 0.3) is 0 Å². The van der Waals surface area contributed by atoms with Crippen molar-refractivity contribution in [2.75, 3.05) is 6.61 Å². The van der Waals surface area contributed by atoms with E-state index in [1.807, 2.05) is 6.92 Å². The number of hydrogen-bond acceptors (Lipinski definition) is 2. The van der Waals surface area contributed by atoms with Crippen molar-refractivity contribution in [3.8, 4) is 5.75 Å². The third-order valence-corrected chi connectivity index (χ3v) is 2.62. The average Bonchev–Trinajstić information content (AvgIpc) is 1.99. The van der Waals surface area contributed by atoms with Crippen molar-refractivity contribution in [3.63, 3.8) is 0 Å². The molecule has 0 bridgehead atoms. The minimum absolute atomic E-state index is 0.482. The predicted molar refractivity (Wildman–Crippen MR) is 45.8 cm³/mol. The van der Waals surface area contributed by atoms with E-state index in [9.17, 15) is 0 Å². The molecule has 0 atom stereocenters. The first-order chi connectivity index (χ1) is 5.25. The molecule has 0 aliphatic heterocycles. The molecule has 0 aliphatic carbocycles. The van der Waals surface area contributed by atoms with Crippen LogP contribution in [0.2, 0.25) is 5.15 Å². The molecule has 11 heavy (non-hydrogen) atoms. The summed E-state index contributed by atoms with van der Waals surface area (Å²) in [5.41, 5.74) is 0. The van der Waals surface area contributed by atoms with E-state index >= 15 is 0 Å². The summed E-state index contributed by atoms with van der Waals surface area (Å²) in [6, 6.07) is 1.79. The Kier molecular flexibility index (Phi) is 3.22. The Hall–Kier alpha value is -0.202. The summed E-state index contributed by atoms with van der Waals surface area (Å²) < 4.78 is 6.11. The van der Waals surface area contributed by atoms with Gasteiger partial charge in [-0.15, -0.1) is 0 Å². The van der Waals surface area contributed by atoms with Gasteiger partial charge in [-0.05, 0) is 0 Å². The van der Waals surface area contributed by atoms with Crippen LogP contribution in [-0.2, 0) is 0 Å². The molecule has 4 heteroatoms. The van der Waals surface area contributed by atoms with Gasteiger partial charge >= 0.3 is 79.2 Å². The van der Waals surface area contributed by atoms with Crippen LogP contribution in [0.5, 0.6) is 5.75 Å². The fourth-order valence-corrected chi connectivity index (χ4v) is 1.25. The SMILES string of the molecule is CCOc1ccnc(Cl)c1[As]. The normalized spacial score (nSPS) is 9.73. The number of nitrogens with zero attached hydrogens (tertiary/aromatic N) is 1. The quantitative estimate of drug-likeness (QED) is 0.558. The van der Waals surface area contributed by atoms with Gasteiger partial charge in [-0.1, -0.05) is 0 Å². The summed E-state index contributed by atoms with van der Waals surface area (Å²) in [4.78, 5) is 3.89. The molecular weight excluding hydrogens is 224 g/mol. The Morgan fingerprint density at radius 1 is 1.73 bits per heavy atom. The van der Waals surface area contributed by atoms with Gasteiger partial charge in [0.15, 0.2) is 0 Å². The number of rotatable bonds is 2. The van der Waals surface area contributed by atoms with Crippen molar-refractivity contribution in [2.24, 2.45) is 0 Å². The van der Waals surface area contributed by atoms with Crippen LogP contribution in [0, 0.1) is 0 Å². The van der Waals surface area contributed by atoms with Gasteiger partial charge in [-0.3, -0.25) is 0 Å². The molecular formula is C7H7AsClNO. The molecule has 0 N–H and O–H groups in total. The monoisotopic (exact) mass is 231 g/mol. The Bertz CT molecular complexity index is 254. The Morgan fingerprint density at radius 3 is 3.09 bits per heavy atom. The molecule has 2 nitrogen and oxygen atoms in total. The standard InChI is InChI=1S/C7H7AsClNO/c1-2-11-5-3-4-10-7(9)6(5)8/h3-4H,2H2,1H3. The maximum atomic E-state index is 5.74. The molecule has 2 radical (unpaired) electrons. The Labute approximate surface area is 79.4 Å². The summed E-state index contributed by atoms with van der Waals surface area (Å²) in [7, 11) is 0. The van der Waals surface area contributed by atoms with E-state index < -0.39 is 0 Å². The molecule has 0 saturated heterocycles. The molecule has 0 fully saturated rings. The third kappa shape index (κ3) is 2.11. The van der Waals surface area contributed by atoms with Crippen LogP contribution in [0.1, 0.15) is 6.92 Å². The Balaban J connectivity index is 2.96. The molecule has 0 aromatic carbocycles. The molecule has 0 saturated carbocycles. The Morgan fingerprint density at radius 2 is 2.45 bits per heavy atom. The summed E-state index contributed by atoms with van der Waals surface area (Å²) in [6.45, 7) is 2.58. The van der Waals surface area contributed by atoms with E-state index in [0.717, 1.165) is 10.1 Å². The molecule has 0 unspecified atom stereocenters. The second kappa shape index (κ2) is 3.98. The van der Waals surface area contributed by atoms with Crippen molar-refractivity contribution >= 4 is 32.8 Å². The van der Waals surface area contributed by atoms with Gasteiger partial charge in [0.05, 0.1) is 0 Å². The molecule has 0 spiro atoms. The molecule has 58 valence electrons. The van der Waals surface area contributed by atoms with Gasteiger partial charge in [-0.2, -0.15) is 0 Å². The predicted octanol–water partition coefficient (Wildman–Crippen LogP) is 0.927. The first-order valence-electron chi connectivity index (χ1n) is 3.22. The van der Waals surface area contributed by atoms with E-state index in [2.05, 4.69) is 21.8 Å². The number of hydrogen-bond donors (Lipinski definition) is 0. The van der Waals surface area contributed by atoms with Gasteiger partial charge in [0.1, 0.15) is 0 Å². The van der Waals surface area contributed by atoms with Crippen molar-refractivity contribution in [1.29, 1.82) is 0 Å². The van der Waals surface area contributed by atoms with E-state index in [1.54, 1.807) is 12.3 Å². The van der Waals surface area contributed by atoms with Gasteiger partial charge in [0, 0.05) is 0 Å². The maximum absolute atomic E-state index is 5.74. The molecule has 0 amide bonds. The van der Waals surface area contributed by atoms with Crippen LogP contribution in [0.25, 0.3) is 0 Å². The molecule has 1 rings (SSSR count). The molecule has 1 heterocycles. The van der Waals surface area contributed by atoms with Crippen molar-refractivity contribution < 1.29 is 4.74 Å². The topological polar surface area (TPSA) is 22.1 Å². The molecule has 0 aliphatic rings. The van der Waals surface area contributed by atoms with Crippen LogP contribution >= 0.6 is 11.6 Å². The van der Waals surface area contributed by atoms with Crippen LogP contribution in [0.3, 0.4) is 0 Å². The zero-order chi connectivity index (χ0) is 8.27. The van der Waals surface area contributed by atoms with Crippen molar-refractivity contribution in [1.82, 2.24) is 4.98 Å². The molecule has 1 aromatic rings. The van der Waals surface area contributed by atoms with Crippen LogP contribution in [0.4, 0.5) is 0 Å². The summed E-state index contributed by atoms with van der Waals surface area (Å²) in [6.07, 6.45) is 1.63. The number of pyridine rings is 1. The zero-order valence-electron chi connectivity index (χ0n) is 6.04. The zero-order valence-corrected chi connectivity index (χ0v) is 8.67. The first kappa shape index (κ1) is 8.89. The van der Waals surface area contributed by atoms with Gasteiger partial charge < -0.3 is 0 Å².